The molecule has 0 aliphatic carbocycles. The minimum Gasteiger partial charge on any atom is -0.375 e. The Bertz CT molecular complexity index is 719. The fraction of sp³-hybridized carbons (Fsp3) is 0.720. The Morgan fingerprint density at radius 3 is 2.53 bits per heavy atom. The smallest absolute Gasteiger partial charge is 0.253 e. The third kappa shape index (κ3) is 5.06. The average Bonchev–Trinajstić information content (AvgIpc) is 2.74. The zero-order valence-corrected chi connectivity index (χ0v) is 19.1. The Kier molecular flexibility index (Phi) is 6.81. The van der Waals surface area contributed by atoms with E-state index in [9.17, 15) is 4.79 Å². The van der Waals surface area contributed by atoms with E-state index in [1.807, 2.05) is 36.1 Å². The number of aryl methyl sites for hydroxylation is 1. The molecular formula is C25H39N3O2. The van der Waals surface area contributed by atoms with E-state index in [0.717, 1.165) is 62.4 Å². The highest BCUT2D eigenvalue weighted by molar-refractivity contribution is 5.94. The van der Waals surface area contributed by atoms with Crippen LogP contribution in [0.5, 0.6) is 0 Å². The molecule has 4 rings (SSSR count). The number of benzene rings is 1. The summed E-state index contributed by atoms with van der Waals surface area (Å²) in [6.45, 7) is 15.1. The maximum absolute atomic E-state index is 12.9. The fourth-order valence-corrected chi connectivity index (χ4v) is 5.57. The molecule has 3 heterocycles. The minimum atomic E-state index is -0.0264. The van der Waals surface area contributed by atoms with Gasteiger partial charge in [-0.3, -0.25) is 9.69 Å². The number of amides is 1. The van der Waals surface area contributed by atoms with Crippen molar-refractivity contribution in [2.24, 2.45) is 5.92 Å². The predicted molar refractivity (Wildman–Crippen MR) is 121 cm³/mol. The van der Waals surface area contributed by atoms with Crippen LogP contribution in [0.3, 0.4) is 0 Å². The fourth-order valence-electron chi connectivity index (χ4n) is 5.57. The molecule has 3 fully saturated rings. The lowest BCUT2D eigenvalue weighted by Crippen LogP contribution is -2.57. The van der Waals surface area contributed by atoms with E-state index >= 15 is 0 Å². The van der Waals surface area contributed by atoms with Gasteiger partial charge in [-0.2, -0.15) is 0 Å². The monoisotopic (exact) mass is 413 g/mol. The SMILES string of the molecule is Cc1cccc(C(=O)N2CCC3(CC2)CC(N2CCN(CC(C)C)CC2)CCO3)c1. The summed E-state index contributed by atoms with van der Waals surface area (Å²) in [5, 5.41) is 0. The molecule has 1 amide bonds. The van der Waals surface area contributed by atoms with Crippen molar-refractivity contribution in [1.29, 1.82) is 0 Å². The van der Waals surface area contributed by atoms with E-state index in [0.29, 0.717) is 6.04 Å². The third-order valence-corrected chi connectivity index (χ3v) is 7.24. The summed E-state index contributed by atoms with van der Waals surface area (Å²) in [7, 11) is 0. The molecule has 3 saturated heterocycles. The number of piperidine rings is 1. The zero-order valence-electron chi connectivity index (χ0n) is 19.1. The van der Waals surface area contributed by atoms with Gasteiger partial charge in [-0.25, -0.2) is 0 Å². The highest BCUT2D eigenvalue weighted by atomic mass is 16.5. The van der Waals surface area contributed by atoms with Crippen molar-refractivity contribution < 1.29 is 9.53 Å². The molecule has 30 heavy (non-hydrogen) atoms. The molecule has 0 N–H and O–H groups in total. The van der Waals surface area contributed by atoms with Crippen molar-refractivity contribution in [2.45, 2.75) is 58.1 Å². The van der Waals surface area contributed by atoms with E-state index in [2.05, 4.69) is 23.6 Å². The van der Waals surface area contributed by atoms with Gasteiger partial charge in [0.1, 0.15) is 0 Å². The van der Waals surface area contributed by atoms with E-state index < -0.39 is 0 Å². The summed E-state index contributed by atoms with van der Waals surface area (Å²) in [6, 6.07) is 8.59. The van der Waals surface area contributed by atoms with Gasteiger partial charge in [0.25, 0.3) is 5.91 Å². The maximum atomic E-state index is 12.9. The zero-order chi connectivity index (χ0) is 21.1. The van der Waals surface area contributed by atoms with Crippen LogP contribution in [0.1, 0.15) is 55.5 Å². The van der Waals surface area contributed by atoms with Crippen molar-refractivity contribution >= 4 is 5.91 Å². The largest absolute Gasteiger partial charge is 0.375 e. The second-order valence-electron chi connectivity index (χ2n) is 10.1. The molecule has 1 spiro atoms. The van der Waals surface area contributed by atoms with Crippen LogP contribution in [-0.4, -0.2) is 84.7 Å². The van der Waals surface area contributed by atoms with Gasteiger partial charge in [-0.15, -0.1) is 0 Å². The van der Waals surface area contributed by atoms with Crippen LogP contribution in [0.2, 0.25) is 0 Å². The second-order valence-corrected chi connectivity index (χ2v) is 10.1. The Balaban J connectivity index is 1.30. The van der Waals surface area contributed by atoms with Gasteiger partial charge < -0.3 is 14.5 Å². The molecule has 3 aliphatic rings. The van der Waals surface area contributed by atoms with Crippen molar-refractivity contribution in [3.63, 3.8) is 0 Å². The highest BCUT2D eigenvalue weighted by Crippen LogP contribution is 2.37. The van der Waals surface area contributed by atoms with Gasteiger partial charge in [0.2, 0.25) is 0 Å². The van der Waals surface area contributed by atoms with Crippen LogP contribution < -0.4 is 0 Å². The average molecular weight is 414 g/mol. The van der Waals surface area contributed by atoms with Crippen LogP contribution in [0.4, 0.5) is 0 Å². The summed E-state index contributed by atoms with van der Waals surface area (Å²) in [5.74, 6) is 0.915. The van der Waals surface area contributed by atoms with Crippen LogP contribution in [-0.2, 0) is 4.74 Å². The molecular weight excluding hydrogens is 374 g/mol. The molecule has 1 aromatic rings. The number of carbonyl (C=O) groups is 1. The number of piperazine rings is 1. The molecule has 5 heteroatoms. The Morgan fingerprint density at radius 2 is 1.87 bits per heavy atom. The third-order valence-electron chi connectivity index (χ3n) is 7.24. The summed E-state index contributed by atoms with van der Waals surface area (Å²) < 4.78 is 6.38. The van der Waals surface area contributed by atoms with Crippen molar-refractivity contribution in [3.05, 3.63) is 35.4 Å². The number of hydrogen-bond donors (Lipinski definition) is 0. The van der Waals surface area contributed by atoms with Crippen molar-refractivity contribution in [3.8, 4) is 0 Å². The first kappa shape index (κ1) is 21.8. The molecule has 0 aromatic heterocycles. The minimum absolute atomic E-state index is 0.0264. The van der Waals surface area contributed by atoms with Crippen molar-refractivity contribution in [1.82, 2.24) is 14.7 Å². The van der Waals surface area contributed by atoms with Gasteiger partial charge in [0.15, 0.2) is 0 Å². The molecule has 0 saturated carbocycles. The number of carbonyl (C=O) groups excluding carboxylic acids is 1. The maximum Gasteiger partial charge on any atom is 0.253 e. The Hall–Kier alpha value is -1.43. The summed E-state index contributed by atoms with van der Waals surface area (Å²) in [4.78, 5) is 20.3. The number of likely N-dealkylation sites (tertiary alicyclic amines) is 1. The first-order valence-corrected chi connectivity index (χ1v) is 11.9. The lowest BCUT2D eigenvalue weighted by molar-refractivity contribution is -0.132. The van der Waals surface area contributed by atoms with Crippen LogP contribution in [0, 0.1) is 12.8 Å². The molecule has 1 aromatic carbocycles. The van der Waals surface area contributed by atoms with Gasteiger partial charge in [-0.1, -0.05) is 31.5 Å². The van der Waals surface area contributed by atoms with Crippen LogP contribution >= 0.6 is 0 Å². The molecule has 0 bridgehead atoms. The summed E-state index contributed by atoms with van der Waals surface area (Å²) >= 11 is 0. The highest BCUT2D eigenvalue weighted by Gasteiger charge is 2.43. The predicted octanol–water partition coefficient (Wildman–Crippen LogP) is 3.42. The number of ether oxygens (including phenoxy) is 1. The Morgan fingerprint density at radius 1 is 1.13 bits per heavy atom. The number of rotatable bonds is 4. The molecule has 1 unspecified atom stereocenters. The lowest BCUT2D eigenvalue weighted by Gasteiger charge is -2.49. The Labute approximate surface area is 182 Å². The molecule has 5 nitrogen and oxygen atoms in total. The molecule has 166 valence electrons. The van der Waals surface area contributed by atoms with E-state index in [4.69, 9.17) is 4.74 Å². The first-order chi connectivity index (χ1) is 14.4. The summed E-state index contributed by atoms with van der Waals surface area (Å²) in [6.07, 6.45) is 4.21. The molecule has 0 radical (unpaired) electrons. The molecule has 3 aliphatic heterocycles. The quantitative estimate of drug-likeness (QED) is 0.758. The topological polar surface area (TPSA) is 36.0 Å². The number of nitrogens with zero attached hydrogens (tertiary/aromatic N) is 3. The number of hydrogen-bond acceptors (Lipinski definition) is 4. The van der Waals surface area contributed by atoms with E-state index in [1.165, 1.54) is 32.7 Å². The van der Waals surface area contributed by atoms with Gasteiger partial charge in [0, 0.05) is 64.0 Å². The first-order valence-electron chi connectivity index (χ1n) is 11.9. The molecule has 1 atom stereocenters. The van der Waals surface area contributed by atoms with Gasteiger partial charge >= 0.3 is 0 Å². The van der Waals surface area contributed by atoms with E-state index in [-0.39, 0.29) is 11.5 Å². The summed E-state index contributed by atoms with van der Waals surface area (Å²) in [5.41, 5.74) is 1.93. The van der Waals surface area contributed by atoms with Crippen molar-refractivity contribution in [2.75, 3.05) is 52.4 Å². The van der Waals surface area contributed by atoms with Crippen LogP contribution in [0.25, 0.3) is 0 Å². The standard InChI is InChI=1S/C25H39N3O2/c1-20(2)19-26-12-14-27(15-13-26)23-7-16-30-25(18-23)8-10-28(11-9-25)24(29)22-6-4-5-21(3)17-22/h4-6,17,20,23H,7-16,18-19H2,1-3H3. The van der Waals surface area contributed by atoms with Gasteiger partial charge in [0.05, 0.1) is 5.60 Å². The lowest BCUT2D eigenvalue weighted by atomic mass is 9.81. The van der Waals surface area contributed by atoms with Gasteiger partial charge in [-0.05, 0) is 50.7 Å². The second kappa shape index (κ2) is 9.37. The normalized spacial score (nSPS) is 25.7. The van der Waals surface area contributed by atoms with Crippen LogP contribution in [0.15, 0.2) is 24.3 Å². The van der Waals surface area contributed by atoms with E-state index in [1.54, 1.807) is 0 Å².